The number of nitrogens with zero attached hydrogens (tertiary/aromatic N) is 6. The van der Waals surface area contributed by atoms with Crippen LogP contribution in [0.4, 0.5) is 18.9 Å². The molecule has 0 aliphatic heterocycles. The predicted molar refractivity (Wildman–Crippen MR) is 237 cm³/mol. The molecule has 62 heavy (non-hydrogen) atoms. The van der Waals surface area contributed by atoms with Gasteiger partial charge < -0.3 is 9.13 Å². The molecular weight excluding hydrogens is 778 g/mol. The molecule has 0 saturated heterocycles. The van der Waals surface area contributed by atoms with Gasteiger partial charge in [0.25, 0.3) is 0 Å². The molecule has 0 aliphatic rings. The summed E-state index contributed by atoms with van der Waals surface area (Å²) in [5, 5.41) is 34.9. The molecule has 10 rings (SSSR count). The van der Waals surface area contributed by atoms with Gasteiger partial charge in [-0.1, -0.05) is 97.1 Å². The van der Waals surface area contributed by atoms with E-state index in [0.717, 1.165) is 78.0 Å². The molecule has 9 heteroatoms. The standard InChI is InChI=1S/C53H27F3N6/c1-60-40-11-7-10-34(24-40)36-17-20-45-43-13-3-5-15-48(43)62(51(45)26-36)52-27-38(31-59)49(28-46(52)41-21-18-39(53(54,55)56)23-37(41)30-58)61-47-14-4-2-12-42(47)44-19-16-35(25-50(44)61)33-9-6-8-32(22-33)29-57/h2-28H. The Morgan fingerprint density at radius 3 is 1.61 bits per heavy atom. The third kappa shape index (κ3) is 6.01. The number of fused-ring (bicyclic) bond motifs is 6. The number of aromatic nitrogens is 2. The van der Waals surface area contributed by atoms with E-state index >= 15 is 0 Å². The number of hydrogen-bond acceptors (Lipinski definition) is 3. The molecule has 0 bridgehead atoms. The molecule has 0 saturated carbocycles. The first kappa shape index (κ1) is 37.4. The molecule has 0 radical (unpaired) electrons. The van der Waals surface area contributed by atoms with Gasteiger partial charge in [0.1, 0.15) is 6.07 Å². The second kappa shape index (κ2) is 14.4. The van der Waals surface area contributed by atoms with Crippen LogP contribution in [-0.2, 0) is 6.18 Å². The van der Waals surface area contributed by atoms with Gasteiger partial charge in [0, 0.05) is 32.7 Å². The summed E-state index contributed by atoms with van der Waals surface area (Å²) in [7, 11) is 0. The van der Waals surface area contributed by atoms with E-state index < -0.39 is 11.7 Å². The molecule has 2 heterocycles. The van der Waals surface area contributed by atoms with Crippen LogP contribution >= 0.6 is 0 Å². The summed E-state index contributed by atoms with van der Waals surface area (Å²) >= 11 is 0. The number of benzene rings is 8. The van der Waals surface area contributed by atoms with Gasteiger partial charge in [0.05, 0.1) is 74.4 Å². The number of hydrogen-bond donors (Lipinski definition) is 0. The van der Waals surface area contributed by atoms with Crippen LogP contribution in [0.1, 0.15) is 22.3 Å². The Hall–Kier alpha value is -8.89. The Labute approximate surface area is 352 Å². The molecule has 0 atom stereocenters. The molecule has 6 nitrogen and oxygen atoms in total. The fourth-order valence-corrected chi connectivity index (χ4v) is 8.64. The van der Waals surface area contributed by atoms with Crippen LogP contribution in [0.25, 0.3) is 93.2 Å². The lowest BCUT2D eigenvalue weighted by Crippen LogP contribution is -2.07. The lowest BCUT2D eigenvalue weighted by Gasteiger charge is -2.20. The van der Waals surface area contributed by atoms with Crippen LogP contribution in [0.2, 0.25) is 0 Å². The Bertz CT molecular complexity index is 3690. The molecule has 2 aromatic heterocycles. The Morgan fingerprint density at radius 1 is 0.452 bits per heavy atom. The SMILES string of the molecule is [C-]#[N+]c1cccc(-c2ccc3c4ccccc4n(-c4cc(C#N)c(-n5c6ccccc6c6ccc(-c7cccc(C#N)c7)cc65)cc4-c4ccc(C(F)(F)F)cc4C#N)c3c2)c1. The van der Waals surface area contributed by atoms with Crippen molar-refractivity contribution < 1.29 is 13.2 Å². The van der Waals surface area contributed by atoms with Gasteiger partial charge in [0.15, 0.2) is 5.69 Å². The highest BCUT2D eigenvalue weighted by Gasteiger charge is 2.32. The summed E-state index contributed by atoms with van der Waals surface area (Å²) in [5.41, 5.74) is 8.16. The molecule has 290 valence electrons. The first-order valence-corrected chi connectivity index (χ1v) is 19.4. The molecule has 8 aromatic carbocycles. The van der Waals surface area contributed by atoms with Gasteiger partial charge in [0.2, 0.25) is 0 Å². The minimum Gasteiger partial charge on any atom is -0.309 e. The average molecular weight is 805 g/mol. The van der Waals surface area contributed by atoms with E-state index in [-0.39, 0.29) is 16.7 Å². The van der Waals surface area contributed by atoms with Crippen LogP contribution in [-0.4, -0.2) is 9.13 Å². The maximum absolute atomic E-state index is 14.2. The van der Waals surface area contributed by atoms with E-state index in [2.05, 4.69) is 17.0 Å². The van der Waals surface area contributed by atoms with E-state index in [1.807, 2.05) is 137 Å². The highest BCUT2D eigenvalue weighted by Crippen LogP contribution is 2.44. The Balaban J connectivity index is 1.32. The van der Waals surface area contributed by atoms with Gasteiger partial charge in [-0.3, -0.25) is 0 Å². The van der Waals surface area contributed by atoms with Crippen molar-refractivity contribution in [1.29, 1.82) is 15.8 Å². The number of alkyl halides is 3. The maximum atomic E-state index is 14.2. The van der Waals surface area contributed by atoms with E-state index in [1.54, 1.807) is 24.3 Å². The molecule has 0 amide bonds. The van der Waals surface area contributed by atoms with Crippen molar-refractivity contribution in [2.75, 3.05) is 0 Å². The van der Waals surface area contributed by atoms with Crippen molar-refractivity contribution in [3.8, 4) is 63.0 Å². The summed E-state index contributed by atoms with van der Waals surface area (Å²) < 4.78 is 46.5. The van der Waals surface area contributed by atoms with Crippen molar-refractivity contribution >= 4 is 49.3 Å². The van der Waals surface area contributed by atoms with Gasteiger partial charge in [-0.25, -0.2) is 4.85 Å². The summed E-state index contributed by atoms with van der Waals surface area (Å²) in [6.07, 6.45) is -4.69. The van der Waals surface area contributed by atoms with Gasteiger partial charge in [-0.2, -0.15) is 29.0 Å². The van der Waals surface area contributed by atoms with E-state index in [1.165, 1.54) is 6.07 Å². The Morgan fingerprint density at radius 2 is 1.02 bits per heavy atom. The topological polar surface area (TPSA) is 85.6 Å². The lowest BCUT2D eigenvalue weighted by atomic mass is 9.94. The molecule has 0 spiro atoms. The fourth-order valence-electron chi connectivity index (χ4n) is 8.64. The second-order valence-corrected chi connectivity index (χ2v) is 14.9. The van der Waals surface area contributed by atoms with Crippen molar-refractivity contribution in [3.63, 3.8) is 0 Å². The molecular formula is C53H27F3N6. The monoisotopic (exact) mass is 804 g/mol. The molecule has 0 N–H and O–H groups in total. The molecule has 0 aliphatic carbocycles. The van der Waals surface area contributed by atoms with E-state index in [0.29, 0.717) is 28.2 Å². The average Bonchev–Trinajstić information content (AvgIpc) is 3.82. The number of rotatable bonds is 5. The Kier molecular flexibility index (Phi) is 8.70. The quantitative estimate of drug-likeness (QED) is 0.162. The summed E-state index contributed by atoms with van der Waals surface area (Å²) in [6, 6.07) is 55.6. The fraction of sp³-hybridized carbons (Fsp3) is 0.0189. The number of halogens is 3. The van der Waals surface area contributed by atoms with Crippen LogP contribution in [0.5, 0.6) is 0 Å². The largest absolute Gasteiger partial charge is 0.416 e. The second-order valence-electron chi connectivity index (χ2n) is 14.9. The zero-order chi connectivity index (χ0) is 42.7. The zero-order valence-corrected chi connectivity index (χ0v) is 32.4. The highest BCUT2D eigenvalue weighted by atomic mass is 19.4. The lowest BCUT2D eigenvalue weighted by molar-refractivity contribution is -0.137. The van der Waals surface area contributed by atoms with Crippen LogP contribution < -0.4 is 0 Å². The zero-order valence-electron chi connectivity index (χ0n) is 32.4. The first-order valence-electron chi connectivity index (χ1n) is 19.4. The minimum absolute atomic E-state index is 0.184. The van der Waals surface area contributed by atoms with Gasteiger partial charge in [-0.05, 0) is 89.0 Å². The van der Waals surface area contributed by atoms with Crippen molar-refractivity contribution in [1.82, 2.24) is 9.13 Å². The third-order valence-corrected chi connectivity index (χ3v) is 11.5. The predicted octanol–water partition coefficient (Wildman–Crippen LogP) is 14.1. The van der Waals surface area contributed by atoms with Gasteiger partial charge in [-0.15, -0.1) is 0 Å². The van der Waals surface area contributed by atoms with Crippen LogP contribution in [0.3, 0.4) is 0 Å². The summed E-state index contributed by atoms with van der Waals surface area (Å²) in [4.78, 5) is 3.62. The van der Waals surface area contributed by atoms with Gasteiger partial charge >= 0.3 is 6.18 Å². The highest BCUT2D eigenvalue weighted by molar-refractivity contribution is 6.12. The van der Waals surface area contributed by atoms with Crippen LogP contribution in [0.15, 0.2) is 164 Å². The number of para-hydroxylation sites is 2. The third-order valence-electron chi connectivity index (χ3n) is 11.5. The summed E-state index contributed by atoms with van der Waals surface area (Å²) in [5.74, 6) is 0. The van der Waals surface area contributed by atoms with E-state index in [9.17, 15) is 29.0 Å². The number of nitriles is 3. The normalized spacial score (nSPS) is 11.4. The van der Waals surface area contributed by atoms with E-state index in [4.69, 9.17) is 6.57 Å². The minimum atomic E-state index is -4.69. The van der Waals surface area contributed by atoms with Crippen molar-refractivity contribution in [2.45, 2.75) is 6.18 Å². The maximum Gasteiger partial charge on any atom is 0.416 e. The van der Waals surface area contributed by atoms with Crippen molar-refractivity contribution in [2.24, 2.45) is 0 Å². The molecule has 10 aromatic rings. The first-order chi connectivity index (χ1) is 30.2. The molecule has 0 fully saturated rings. The summed E-state index contributed by atoms with van der Waals surface area (Å²) in [6.45, 7) is 7.60. The smallest absolute Gasteiger partial charge is 0.309 e. The van der Waals surface area contributed by atoms with Crippen molar-refractivity contribution in [3.05, 3.63) is 197 Å². The molecule has 0 unspecified atom stereocenters. The van der Waals surface area contributed by atoms with Crippen LogP contribution in [0, 0.1) is 40.6 Å².